The van der Waals surface area contributed by atoms with Crippen molar-refractivity contribution >= 4 is 26.6 Å². The van der Waals surface area contributed by atoms with Crippen molar-refractivity contribution in [1.29, 1.82) is 0 Å². The molecule has 0 saturated heterocycles. The molecule has 1 unspecified atom stereocenters. The molecule has 12 heavy (non-hydrogen) atoms. The number of ether oxygens (including phenoxy) is 2. The number of thiol groups is 1. The molecule has 0 fully saturated rings. The SMILES string of the molecule is COC(=[SH]C)C(C)([SiH3])OC(C)C. The summed E-state index contributed by atoms with van der Waals surface area (Å²) in [5, 5.41) is 0.891. The number of rotatable bonds is 3. The summed E-state index contributed by atoms with van der Waals surface area (Å²) in [6.45, 7) is 6.19. The van der Waals surface area contributed by atoms with Crippen molar-refractivity contribution < 1.29 is 9.47 Å². The Morgan fingerprint density at radius 1 is 1.50 bits per heavy atom. The van der Waals surface area contributed by atoms with Gasteiger partial charge in [0.15, 0.2) is 0 Å². The van der Waals surface area contributed by atoms with Crippen molar-refractivity contribution in [3.05, 3.63) is 0 Å². The summed E-state index contributed by atoms with van der Waals surface area (Å²) in [7, 11) is 2.67. The summed E-state index contributed by atoms with van der Waals surface area (Å²) in [6.07, 6.45) is 2.33. The van der Waals surface area contributed by atoms with E-state index in [4.69, 9.17) is 9.47 Å². The molecule has 0 heterocycles. The zero-order valence-electron chi connectivity index (χ0n) is 8.84. The predicted octanol–water partition coefficient (Wildman–Crippen LogP) is 0.365. The molecule has 0 aliphatic carbocycles. The Morgan fingerprint density at radius 3 is 2.25 bits per heavy atom. The van der Waals surface area contributed by atoms with Gasteiger partial charge in [-0.15, -0.1) is 0 Å². The summed E-state index contributed by atoms with van der Waals surface area (Å²) in [6, 6.07) is 0. The quantitative estimate of drug-likeness (QED) is 0.410. The Morgan fingerprint density at radius 2 is 2.00 bits per heavy atom. The van der Waals surface area contributed by atoms with Gasteiger partial charge in [0.2, 0.25) is 0 Å². The van der Waals surface area contributed by atoms with E-state index in [9.17, 15) is 0 Å². The van der Waals surface area contributed by atoms with Crippen LogP contribution in [0.15, 0.2) is 0 Å². The van der Waals surface area contributed by atoms with E-state index < -0.39 is 0 Å². The normalized spacial score (nSPS) is 19.0. The molecule has 0 saturated carbocycles. The molecule has 0 radical (unpaired) electrons. The first-order valence-corrected chi connectivity index (χ1v) is 6.47. The van der Waals surface area contributed by atoms with E-state index in [2.05, 4.69) is 27.0 Å². The Hall–Kier alpha value is 0.357. The second-order valence-corrected chi connectivity index (χ2v) is 6.17. The molecule has 0 aromatic rings. The molecule has 0 spiro atoms. The summed E-state index contributed by atoms with van der Waals surface area (Å²) >= 11 is 1.16. The average Bonchev–Trinajstić information content (AvgIpc) is 1.85. The monoisotopic (exact) mass is 208 g/mol. The lowest BCUT2D eigenvalue weighted by atomic mass is 10.4. The maximum Gasteiger partial charge on any atom is 0.0997 e. The van der Waals surface area contributed by atoms with Crippen molar-refractivity contribution in [1.82, 2.24) is 0 Å². The van der Waals surface area contributed by atoms with E-state index >= 15 is 0 Å². The fourth-order valence-corrected chi connectivity index (χ4v) is 3.37. The molecule has 0 bridgehead atoms. The molecular formula is C8H20O2SSi. The number of hydrogen-bond acceptors (Lipinski definition) is 2. The minimum Gasteiger partial charge on any atom is -0.370 e. The van der Waals surface area contributed by atoms with Crippen molar-refractivity contribution in [2.45, 2.75) is 32.1 Å². The van der Waals surface area contributed by atoms with Gasteiger partial charge in [-0.25, -0.2) is 0 Å². The molecule has 0 aromatic heterocycles. The first kappa shape index (κ1) is 12.4. The second kappa shape index (κ2) is 5.17. The Labute approximate surface area is 82.0 Å². The van der Waals surface area contributed by atoms with Gasteiger partial charge in [-0.1, -0.05) is 0 Å². The van der Waals surface area contributed by atoms with Gasteiger partial charge in [0.25, 0.3) is 0 Å². The largest absolute Gasteiger partial charge is 0.370 e. The van der Waals surface area contributed by atoms with Gasteiger partial charge in [0, 0.05) is 7.11 Å². The maximum absolute atomic E-state index is 5.77. The molecule has 0 rings (SSSR count). The van der Waals surface area contributed by atoms with Gasteiger partial charge < -0.3 is 9.47 Å². The third-order valence-corrected chi connectivity index (χ3v) is 3.68. The van der Waals surface area contributed by atoms with E-state index in [1.807, 2.05) is 0 Å². The lowest BCUT2D eigenvalue weighted by Gasteiger charge is -2.29. The first-order chi connectivity index (χ1) is 5.44. The van der Waals surface area contributed by atoms with E-state index in [1.165, 1.54) is 0 Å². The highest BCUT2D eigenvalue weighted by Gasteiger charge is 2.25. The first-order valence-electron chi connectivity index (χ1n) is 4.13. The molecular weight excluding hydrogens is 188 g/mol. The fraction of sp³-hybridized carbons (Fsp3) is 0.875. The average molecular weight is 208 g/mol. The van der Waals surface area contributed by atoms with Crippen LogP contribution in [0.3, 0.4) is 0 Å². The molecule has 0 aliphatic rings. The van der Waals surface area contributed by atoms with Crippen molar-refractivity contribution in [3.8, 4) is 0 Å². The van der Waals surface area contributed by atoms with E-state index in [0.717, 1.165) is 26.6 Å². The van der Waals surface area contributed by atoms with Crippen LogP contribution in [0.4, 0.5) is 0 Å². The Balaban J connectivity index is 4.37. The summed E-state index contributed by atoms with van der Waals surface area (Å²) in [4.78, 5) is 0. The fourth-order valence-electron chi connectivity index (χ4n) is 1.25. The van der Waals surface area contributed by atoms with Crippen LogP contribution < -0.4 is 0 Å². The van der Waals surface area contributed by atoms with E-state index in [0.29, 0.717) is 0 Å². The highest BCUT2D eigenvalue weighted by atomic mass is 32.1. The molecule has 2 nitrogen and oxygen atoms in total. The molecule has 0 amide bonds. The van der Waals surface area contributed by atoms with Crippen molar-refractivity contribution in [2.75, 3.05) is 13.4 Å². The van der Waals surface area contributed by atoms with Crippen LogP contribution in [0.1, 0.15) is 20.8 Å². The smallest absolute Gasteiger partial charge is 0.0997 e. The van der Waals surface area contributed by atoms with Crippen LogP contribution in [0.25, 0.3) is 0 Å². The topological polar surface area (TPSA) is 18.5 Å². The number of hydrogen-bond donors (Lipinski definition) is 1. The van der Waals surface area contributed by atoms with Crippen LogP contribution in [0.5, 0.6) is 0 Å². The highest BCUT2D eigenvalue weighted by molar-refractivity contribution is 7.98. The minimum atomic E-state index is -0.140. The summed E-state index contributed by atoms with van der Waals surface area (Å²) in [5.74, 6) is 0. The molecule has 0 aliphatic heterocycles. The van der Waals surface area contributed by atoms with E-state index in [1.54, 1.807) is 7.11 Å². The molecule has 74 valence electrons. The van der Waals surface area contributed by atoms with Crippen LogP contribution >= 0.6 is 11.4 Å². The van der Waals surface area contributed by atoms with Crippen LogP contribution in [-0.2, 0) is 9.47 Å². The van der Waals surface area contributed by atoms with Gasteiger partial charge in [-0.05, 0) is 27.0 Å². The maximum atomic E-state index is 5.77. The van der Waals surface area contributed by atoms with Gasteiger partial charge >= 0.3 is 0 Å². The zero-order valence-corrected chi connectivity index (χ0v) is 11.7. The van der Waals surface area contributed by atoms with E-state index in [-0.39, 0.29) is 11.3 Å². The molecule has 4 heteroatoms. The minimum absolute atomic E-state index is 0.140. The van der Waals surface area contributed by atoms with Crippen molar-refractivity contribution in [3.63, 3.8) is 0 Å². The Bertz CT molecular complexity index is 166. The van der Waals surface area contributed by atoms with Gasteiger partial charge in [-0.3, -0.25) is 0 Å². The third kappa shape index (κ3) is 3.84. The summed E-state index contributed by atoms with van der Waals surface area (Å²) in [5.41, 5.74) is 0. The van der Waals surface area contributed by atoms with Gasteiger partial charge in [0.05, 0.1) is 26.6 Å². The summed E-state index contributed by atoms with van der Waals surface area (Å²) < 4.78 is 11.1. The van der Waals surface area contributed by atoms with Gasteiger partial charge in [0.1, 0.15) is 0 Å². The molecule has 0 aromatic carbocycles. The standard InChI is InChI=1S/C8H20O2SSi/c1-6(2)10-8(3,12)7(9-4)11-5/h6,11H,1-5,12H3. The third-order valence-electron chi connectivity index (χ3n) is 1.44. The van der Waals surface area contributed by atoms with Crippen LogP contribution in [-0.4, -0.2) is 40.0 Å². The van der Waals surface area contributed by atoms with Gasteiger partial charge in [-0.2, -0.15) is 11.4 Å². The number of methoxy groups -OCH3 is 1. The predicted molar refractivity (Wildman–Crippen MR) is 61.5 cm³/mol. The second-order valence-electron chi connectivity index (χ2n) is 3.41. The molecule has 1 atom stereocenters. The highest BCUT2D eigenvalue weighted by Crippen LogP contribution is 2.13. The van der Waals surface area contributed by atoms with Crippen LogP contribution in [0.2, 0.25) is 0 Å². The Kier molecular flexibility index (Phi) is 5.32. The lowest BCUT2D eigenvalue weighted by Crippen LogP contribution is -2.41. The lowest BCUT2D eigenvalue weighted by molar-refractivity contribution is 0.0204. The van der Waals surface area contributed by atoms with Crippen molar-refractivity contribution in [2.24, 2.45) is 0 Å². The molecule has 0 N–H and O–H groups in total. The van der Waals surface area contributed by atoms with Crippen LogP contribution in [0, 0.1) is 0 Å². The zero-order chi connectivity index (χ0) is 9.78.